The fourth-order valence-corrected chi connectivity index (χ4v) is 1.71. The van der Waals surface area contributed by atoms with Gasteiger partial charge in [0.05, 0.1) is 0 Å². The minimum Gasteiger partial charge on any atom is -0.310 e. The van der Waals surface area contributed by atoms with Crippen molar-refractivity contribution < 1.29 is 0 Å². The Morgan fingerprint density at radius 1 is 1.38 bits per heavy atom. The van der Waals surface area contributed by atoms with Crippen molar-refractivity contribution in [3.05, 3.63) is 0 Å². The van der Waals surface area contributed by atoms with Gasteiger partial charge in [0.25, 0.3) is 0 Å². The molecular formula is C11H24N2. The maximum atomic E-state index is 3.73. The van der Waals surface area contributed by atoms with Crippen LogP contribution in [0.3, 0.4) is 0 Å². The van der Waals surface area contributed by atoms with Gasteiger partial charge in [-0.05, 0) is 32.9 Å². The van der Waals surface area contributed by atoms with Gasteiger partial charge >= 0.3 is 0 Å². The Kier molecular flexibility index (Phi) is 4.74. The molecule has 1 fully saturated rings. The Labute approximate surface area is 82.7 Å². The highest BCUT2D eigenvalue weighted by atomic mass is 15.1. The van der Waals surface area contributed by atoms with Gasteiger partial charge in [0.2, 0.25) is 0 Å². The number of likely N-dealkylation sites (N-methyl/N-ethyl adjacent to an activating group) is 1. The summed E-state index contributed by atoms with van der Waals surface area (Å²) in [5.74, 6) is 0. The van der Waals surface area contributed by atoms with Crippen LogP contribution in [-0.4, -0.2) is 37.1 Å². The van der Waals surface area contributed by atoms with Crippen molar-refractivity contribution in [3.8, 4) is 0 Å². The highest BCUT2D eigenvalue weighted by Gasteiger charge is 2.20. The van der Waals surface area contributed by atoms with Crippen molar-refractivity contribution in [1.82, 2.24) is 10.2 Å². The first-order valence-corrected chi connectivity index (χ1v) is 5.70. The summed E-state index contributed by atoms with van der Waals surface area (Å²) in [5.41, 5.74) is 0. The number of hydrogen-bond acceptors (Lipinski definition) is 2. The van der Waals surface area contributed by atoms with Crippen LogP contribution >= 0.6 is 0 Å². The van der Waals surface area contributed by atoms with Crippen LogP contribution < -0.4 is 5.32 Å². The zero-order valence-corrected chi connectivity index (χ0v) is 9.34. The molecule has 0 saturated heterocycles. The van der Waals surface area contributed by atoms with Crippen LogP contribution in [0, 0.1) is 0 Å². The Morgan fingerprint density at radius 2 is 2.08 bits per heavy atom. The van der Waals surface area contributed by atoms with Gasteiger partial charge in [0.1, 0.15) is 0 Å². The molecule has 2 heteroatoms. The van der Waals surface area contributed by atoms with Crippen molar-refractivity contribution >= 4 is 0 Å². The second-order valence-corrected chi connectivity index (χ2v) is 4.25. The smallest absolute Gasteiger partial charge is 0.0194 e. The minimum atomic E-state index is 0.704. The fraction of sp³-hybridized carbons (Fsp3) is 1.00. The molecule has 0 radical (unpaired) electrons. The van der Waals surface area contributed by atoms with E-state index in [-0.39, 0.29) is 0 Å². The Morgan fingerprint density at radius 3 is 2.46 bits per heavy atom. The van der Waals surface area contributed by atoms with Crippen molar-refractivity contribution in [3.63, 3.8) is 0 Å². The first-order chi connectivity index (χ1) is 6.26. The Bertz CT molecular complexity index is 125. The maximum Gasteiger partial charge on any atom is 0.0194 e. The topological polar surface area (TPSA) is 15.3 Å². The summed E-state index contributed by atoms with van der Waals surface area (Å²) in [7, 11) is 2.20. The molecule has 0 aliphatic heterocycles. The van der Waals surface area contributed by atoms with Crippen molar-refractivity contribution in [2.24, 2.45) is 0 Å². The molecule has 0 aromatic carbocycles. The molecule has 0 aromatic rings. The highest BCUT2D eigenvalue weighted by molar-refractivity contribution is 4.81. The highest BCUT2D eigenvalue weighted by Crippen LogP contribution is 2.19. The number of rotatable bonds is 6. The summed E-state index contributed by atoms with van der Waals surface area (Å²) in [6.45, 7) is 6.85. The van der Waals surface area contributed by atoms with Crippen LogP contribution in [0.1, 0.15) is 39.5 Å². The lowest BCUT2D eigenvalue weighted by molar-refractivity contribution is 0.244. The lowest BCUT2D eigenvalue weighted by Gasteiger charge is -2.32. The van der Waals surface area contributed by atoms with Gasteiger partial charge in [-0.25, -0.2) is 0 Å². The SMILES string of the molecule is CCC(CN(C)CC)NC1CCC1. The summed E-state index contributed by atoms with van der Waals surface area (Å²) in [6, 6.07) is 1.53. The molecule has 0 spiro atoms. The first kappa shape index (κ1) is 11.0. The van der Waals surface area contributed by atoms with Crippen LogP contribution in [0.2, 0.25) is 0 Å². The van der Waals surface area contributed by atoms with Crippen LogP contribution in [0.4, 0.5) is 0 Å². The van der Waals surface area contributed by atoms with Crippen LogP contribution in [-0.2, 0) is 0 Å². The van der Waals surface area contributed by atoms with E-state index in [9.17, 15) is 0 Å². The third-order valence-corrected chi connectivity index (χ3v) is 3.14. The van der Waals surface area contributed by atoms with E-state index in [1.54, 1.807) is 0 Å². The summed E-state index contributed by atoms with van der Waals surface area (Å²) in [6.07, 6.45) is 5.47. The first-order valence-electron chi connectivity index (χ1n) is 5.70. The standard InChI is InChI=1S/C11H24N2/c1-4-10(9-13(3)5-2)12-11-7-6-8-11/h10-12H,4-9H2,1-3H3. The molecule has 0 aromatic heterocycles. The molecule has 0 bridgehead atoms. The molecule has 1 aliphatic carbocycles. The molecule has 0 heterocycles. The molecule has 13 heavy (non-hydrogen) atoms. The van der Waals surface area contributed by atoms with Crippen LogP contribution in [0.25, 0.3) is 0 Å². The predicted octanol–water partition coefficient (Wildman–Crippen LogP) is 1.86. The normalized spacial score (nSPS) is 20.3. The summed E-state index contributed by atoms with van der Waals surface area (Å²) in [4.78, 5) is 2.39. The van der Waals surface area contributed by atoms with Crippen molar-refractivity contribution in [2.45, 2.75) is 51.6 Å². The van der Waals surface area contributed by atoms with Crippen molar-refractivity contribution in [1.29, 1.82) is 0 Å². The second-order valence-electron chi connectivity index (χ2n) is 4.25. The quantitative estimate of drug-likeness (QED) is 0.678. The van der Waals surface area contributed by atoms with E-state index in [4.69, 9.17) is 0 Å². The minimum absolute atomic E-state index is 0.704. The van der Waals surface area contributed by atoms with Crippen LogP contribution in [0.15, 0.2) is 0 Å². The third kappa shape index (κ3) is 3.65. The number of nitrogens with zero attached hydrogens (tertiary/aromatic N) is 1. The third-order valence-electron chi connectivity index (χ3n) is 3.14. The van der Waals surface area contributed by atoms with E-state index in [1.165, 1.54) is 32.2 Å². The van der Waals surface area contributed by atoms with Gasteiger partial charge < -0.3 is 10.2 Å². The lowest BCUT2D eigenvalue weighted by atomic mass is 9.92. The van der Waals surface area contributed by atoms with Gasteiger partial charge in [-0.3, -0.25) is 0 Å². The van der Waals surface area contributed by atoms with E-state index < -0.39 is 0 Å². The molecule has 1 rings (SSSR count). The van der Waals surface area contributed by atoms with E-state index in [1.807, 2.05) is 0 Å². The van der Waals surface area contributed by atoms with Gasteiger partial charge in [-0.1, -0.05) is 20.3 Å². The van der Waals surface area contributed by atoms with E-state index in [0.29, 0.717) is 6.04 Å². The Balaban J connectivity index is 2.16. The van der Waals surface area contributed by atoms with Gasteiger partial charge in [0.15, 0.2) is 0 Å². The second kappa shape index (κ2) is 5.61. The number of nitrogens with one attached hydrogen (secondary N) is 1. The van der Waals surface area contributed by atoms with E-state index >= 15 is 0 Å². The van der Waals surface area contributed by atoms with Gasteiger partial charge in [-0.2, -0.15) is 0 Å². The molecule has 2 nitrogen and oxygen atoms in total. The zero-order chi connectivity index (χ0) is 9.68. The number of hydrogen-bond donors (Lipinski definition) is 1. The molecule has 1 unspecified atom stereocenters. The molecule has 1 saturated carbocycles. The summed E-state index contributed by atoms with van der Waals surface area (Å²) < 4.78 is 0. The molecule has 1 atom stereocenters. The molecule has 78 valence electrons. The largest absolute Gasteiger partial charge is 0.310 e. The van der Waals surface area contributed by atoms with Gasteiger partial charge in [-0.15, -0.1) is 0 Å². The monoisotopic (exact) mass is 184 g/mol. The summed E-state index contributed by atoms with van der Waals surface area (Å²) >= 11 is 0. The van der Waals surface area contributed by atoms with E-state index in [0.717, 1.165) is 12.6 Å². The molecule has 1 N–H and O–H groups in total. The lowest BCUT2D eigenvalue weighted by Crippen LogP contribution is -2.46. The van der Waals surface area contributed by atoms with Gasteiger partial charge in [0, 0.05) is 18.6 Å². The molecule has 1 aliphatic rings. The average Bonchev–Trinajstić information content (AvgIpc) is 2.08. The predicted molar refractivity (Wildman–Crippen MR) is 58.0 cm³/mol. The fourth-order valence-electron chi connectivity index (χ4n) is 1.71. The molecule has 0 amide bonds. The van der Waals surface area contributed by atoms with Crippen LogP contribution in [0.5, 0.6) is 0 Å². The average molecular weight is 184 g/mol. The molecular weight excluding hydrogens is 160 g/mol. The zero-order valence-electron chi connectivity index (χ0n) is 9.34. The maximum absolute atomic E-state index is 3.73. The summed E-state index contributed by atoms with van der Waals surface area (Å²) in [5, 5.41) is 3.73. The van der Waals surface area contributed by atoms with Crippen molar-refractivity contribution in [2.75, 3.05) is 20.1 Å². The van der Waals surface area contributed by atoms with E-state index in [2.05, 4.69) is 31.1 Å². The Hall–Kier alpha value is -0.0800.